The van der Waals surface area contributed by atoms with E-state index in [1.165, 1.54) is 18.3 Å². The van der Waals surface area contributed by atoms with Crippen LogP contribution in [0.3, 0.4) is 0 Å². The van der Waals surface area contributed by atoms with Gasteiger partial charge in [0.15, 0.2) is 15.7 Å². The third-order valence-electron chi connectivity index (χ3n) is 5.09. The molecule has 2 aromatic carbocycles. The molecule has 35 heavy (non-hydrogen) atoms. The lowest BCUT2D eigenvalue weighted by Gasteiger charge is -2.19. The second-order valence-electron chi connectivity index (χ2n) is 7.66. The van der Waals surface area contributed by atoms with E-state index in [9.17, 15) is 13.5 Å². The number of aryl methyl sites for hydroxylation is 1. The maximum atomic E-state index is 11.8. The van der Waals surface area contributed by atoms with Crippen LogP contribution in [-0.4, -0.2) is 46.5 Å². The summed E-state index contributed by atoms with van der Waals surface area (Å²) in [6.45, 7) is 1.72. The minimum absolute atomic E-state index is 0.0279. The highest BCUT2D eigenvalue weighted by molar-refractivity contribution is 7.90. The second-order valence-corrected chi connectivity index (χ2v) is 10.0. The molecule has 12 heteroatoms. The molecule has 0 saturated heterocycles. The smallest absolute Gasteiger partial charge is 0.263 e. The summed E-state index contributed by atoms with van der Waals surface area (Å²) in [7, 11) is -3.46. The number of hydrogen-bond acceptors (Lipinski definition) is 10. The van der Waals surface area contributed by atoms with E-state index < -0.39 is 15.9 Å². The second kappa shape index (κ2) is 10.4. The van der Waals surface area contributed by atoms with Gasteiger partial charge in [-0.05, 0) is 23.8 Å². The molecule has 0 radical (unpaired) electrons. The topological polar surface area (TPSA) is 143 Å². The number of aliphatic hydroxyl groups excluding tert-OH is 1. The molecule has 0 aliphatic rings. The third kappa shape index (κ3) is 5.76. The van der Waals surface area contributed by atoms with Crippen LogP contribution in [0.4, 0.5) is 17.5 Å². The molecule has 1 atom stereocenters. The van der Waals surface area contributed by atoms with Gasteiger partial charge in [-0.25, -0.2) is 13.4 Å². The van der Waals surface area contributed by atoms with E-state index in [2.05, 4.69) is 30.7 Å². The van der Waals surface area contributed by atoms with Gasteiger partial charge in [0.25, 0.3) is 5.89 Å². The molecule has 0 fully saturated rings. The molecule has 0 saturated carbocycles. The summed E-state index contributed by atoms with van der Waals surface area (Å²) in [5.41, 5.74) is 1.81. The molecule has 182 valence electrons. The molecule has 0 amide bonds. The van der Waals surface area contributed by atoms with Crippen LogP contribution in [0.1, 0.15) is 24.4 Å². The Hall–Kier alpha value is -3.54. The minimum atomic E-state index is -3.46. The number of aliphatic hydroxyl groups is 1. The third-order valence-corrected chi connectivity index (χ3v) is 6.67. The zero-order valence-corrected chi connectivity index (χ0v) is 20.5. The number of aromatic nitrogens is 4. The lowest BCUT2D eigenvalue weighted by Crippen LogP contribution is -2.17. The van der Waals surface area contributed by atoms with Crippen molar-refractivity contribution >= 4 is 38.9 Å². The molecule has 10 nitrogen and oxygen atoms in total. The number of nitrogens with zero attached hydrogens (tertiary/aromatic N) is 4. The molecule has 0 spiro atoms. The molecular formula is C23H23ClN6O4S. The molecule has 0 unspecified atom stereocenters. The van der Waals surface area contributed by atoms with Crippen LogP contribution in [0.5, 0.6) is 0 Å². The van der Waals surface area contributed by atoms with E-state index in [0.29, 0.717) is 29.3 Å². The SMILES string of the molecule is CCc1noc(-c2cnc(Nc3ccc(S(C)(=O)=O)c(Cl)c3)nc2N[C@H](CO)c2ccccc2)n1. The maximum absolute atomic E-state index is 11.8. The Bertz CT molecular complexity index is 1430. The van der Waals surface area contributed by atoms with Gasteiger partial charge >= 0.3 is 0 Å². The van der Waals surface area contributed by atoms with Gasteiger partial charge in [-0.3, -0.25) is 0 Å². The summed E-state index contributed by atoms with van der Waals surface area (Å²) >= 11 is 6.16. The summed E-state index contributed by atoms with van der Waals surface area (Å²) in [5, 5.41) is 20.3. The molecular weight excluding hydrogens is 492 g/mol. The zero-order valence-electron chi connectivity index (χ0n) is 18.9. The van der Waals surface area contributed by atoms with E-state index in [1.54, 1.807) is 6.07 Å². The fourth-order valence-corrected chi connectivity index (χ4v) is 4.64. The Balaban J connectivity index is 1.70. The van der Waals surface area contributed by atoms with Crippen molar-refractivity contribution in [3.8, 4) is 11.5 Å². The van der Waals surface area contributed by atoms with Crippen molar-refractivity contribution < 1.29 is 18.0 Å². The maximum Gasteiger partial charge on any atom is 0.263 e. The Morgan fingerprint density at radius 3 is 2.54 bits per heavy atom. The van der Waals surface area contributed by atoms with Crippen LogP contribution in [0.15, 0.2) is 64.1 Å². The molecule has 0 aliphatic heterocycles. The number of nitrogens with one attached hydrogen (secondary N) is 2. The van der Waals surface area contributed by atoms with Gasteiger partial charge in [0, 0.05) is 24.6 Å². The van der Waals surface area contributed by atoms with Gasteiger partial charge in [-0.2, -0.15) is 9.97 Å². The van der Waals surface area contributed by atoms with E-state index in [4.69, 9.17) is 16.1 Å². The molecule has 0 bridgehead atoms. The summed E-state index contributed by atoms with van der Waals surface area (Å²) in [5.74, 6) is 1.34. The van der Waals surface area contributed by atoms with Crippen LogP contribution in [-0.2, 0) is 16.3 Å². The Morgan fingerprint density at radius 1 is 1.14 bits per heavy atom. The van der Waals surface area contributed by atoms with Crippen molar-refractivity contribution in [3.63, 3.8) is 0 Å². The van der Waals surface area contributed by atoms with Gasteiger partial charge in [-0.15, -0.1) is 0 Å². The summed E-state index contributed by atoms with van der Waals surface area (Å²) in [4.78, 5) is 13.3. The average Bonchev–Trinajstić information content (AvgIpc) is 3.31. The standard InChI is InChI=1S/C23H23ClN6O4S/c1-3-20-28-22(34-30-20)16-12-25-23(26-15-9-10-19(17(24)11-15)35(2,32)33)29-21(16)27-18(13-31)14-7-5-4-6-8-14/h4-12,18,31H,3,13H2,1-2H3,(H2,25,26,27,29)/t18-/m1/s1. The molecule has 2 aromatic heterocycles. The highest BCUT2D eigenvalue weighted by atomic mass is 35.5. The number of benzene rings is 2. The van der Waals surface area contributed by atoms with Gasteiger partial charge < -0.3 is 20.3 Å². The van der Waals surface area contributed by atoms with E-state index >= 15 is 0 Å². The zero-order chi connectivity index (χ0) is 25.0. The van der Waals surface area contributed by atoms with Crippen LogP contribution in [0.25, 0.3) is 11.5 Å². The first kappa shape index (κ1) is 24.6. The quantitative estimate of drug-likeness (QED) is 0.299. The van der Waals surface area contributed by atoms with Gasteiger partial charge in [0.1, 0.15) is 11.4 Å². The fraction of sp³-hybridized carbons (Fsp3) is 0.217. The highest BCUT2D eigenvalue weighted by Gasteiger charge is 2.20. The average molecular weight is 515 g/mol. The fourth-order valence-electron chi connectivity index (χ4n) is 3.31. The summed E-state index contributed by atoms with van der Waals surface area (Å²) in [6.07, 6.45) is 3.21. The van der Waals surface area contributed by atoms with Crippen molar-refractivity contribution in [2.75, 3.05) is 23.5 Å². The first-order valence-electron chi connectivity index (χ1n) is 10.7. The van der Waals surface area contributed by atoms with Crippen molar-refractivity contribution in [2.45, 2.75) is 24.3 Å². The number of rotatable bonds is 9. The predicted octanol–water partition coefficient (Wildman–Crippen LogP) is 4.04. The minimum Gasteiger partial charge on any atom is -0.394 e. The van der Waals surface area contributed by atoms with Crippen molar-refractivity contribution in [3.05, 3.63) is 71.1 Å². The first-order valence-corrected chi connectivity index (χ1v) is 12.9. The molecule has 0 aliphatic carbocycles. The van der Waals surface area contributed by atoms with E-state index in [0.717, 1.165) is 11.8 Å². The van der Waals surface area contributed by atoms with Crippen molar-refractivity contribution in [2.24, 2.45) is 0 Å². The van der Waals surface area contributed by atoms with Crippen LogP contribution < -0.4 is 10.6 Å². The Morgan fingerprint density at radius 2 is 1.91 bits per heavy atom. The Kier molecular flexibility index (Phi) is 7.29. The molecule has 4 aromatic rings. The lowest BCUT2D eigenvalue weighted by atomic mass is 10.1. The predicted molar refractivity (Wildman–Crippen MR) is 132 cm³/mol. The monoisotopic (exact) mass is 514 g/mol. The summed E-state index contributed by atoms with van der Waals surface area (Å²) < 4.78 is 29.1. The van der Waals surface area contributed by atoms with Crippen molar-refractivity contribution in [1.82, 2.24) is 20.1 Å². The normalized spacial score (nSPS) is 12.3. The van der Waals surface area contributed by atoms with E-state index in [1.807, 2.05) is 37.3 Å². The lowest BCUT2D eigenvalue weighted by molar-refractivity contribution is 0.276. The summed E-state index contributed by atoms with van der Waals surface area (Å²) in [6, 6.07) is 13.4. The van der Waals surface area contributed by atoms with Crippen molar-refractivity contribution in [1.29, 1.82) is 0 Å². The molecule has 3 N–H and O–H groups in total. The Labute approximate surface area is 207 Å². The number of anilines is 3. The van der Waals surface area contributed by atoms with Crippen LogP contribution in [0, 0.1) is 0 Å². The van der Waals surface area contributed by atoms with Crippen LogP contribution >= 0.6 is 11.6 Å². The number of sulfone groups is 1. The van der Waals surface area contributed by atoms with E-state index in [-0.39, 0.29) is 28.4 Å². The van der Waals surface area contributed by atoms with Gasteiger partial charge in [0.2, 0.25) is 5.95 Å². The molecule has 4 rings (SSSR count). The highest BCUT2D eigenvalue weighted by Crippen LogP contribution is 2.31. The van der Waals surface area contributed by atoms with Crippen LogP contribution in [0.2, 0.25) is 5.02 Å². The number of halogens is 1. The molecule has 2 heterocycles. The first-order chi connectivity index (χ1) is 16.8. The van der Waals surface area contributed by atoms with Gasteiger partial charge in [0.05, 0.1) is 22.6 Å². The number of hydrogen-bond donors (Lipinski definition) is 3. The van der Waals surface area contributed by atoms with Gasteiger partial charge in [-0.1, -0.05) is 54.0 Å². The largest absolute Gasteiger partial charge is 0.394 e.